The lowest BCUT2D eigenvalue weighted by Crippen LogP contribution is -2.23. The zero-order valence-corrected chi connectivity index (χ0v) is 13.2. The van der Waals surface area contributed by atoms with Gasteiger partial charge >= 0.3 is 0 Å². The molecule has 0 fully saturated rings. The maximum absolute atomic E-state index is 4.75. The maximum Gasteiger partial charge on any atom is 0.161 e. The van der Waals surface area contributed by atoms with Crippen LogP contribution in [-0.4, -0.2) is 16.5 Å². The zero-order valence-electron chi connectivity index (χ0n) is 12.4. The second kappa shape index (κ2) is 6.47. The van der Waals surface area contributed by atoms with Crippen LogP contribution in [0.5, 0.6) is 0 Å². The Morgan fingerprint density at radius 1 is 1.21 bits per heavy atom. The lowest BCUT2D eigenvalue weighted by atomic mass is 10.0. The summed E-state index contributed by atoms with van der Waals surface area (Å²) in [5, 5.41) is 5.33. The molecule has 0 aromatic heterocycles. The Hall–Kier alpha value is -0.960. The van der Waals surface area contributed by atoms with Crippen LogP contribution in [0.1, 0.15) is 45.2 Å². The van der Waals surface area contributed by atoms with Crippen LogP contribution in [0, 0.1) is 0 Å². The number of rotatable bonds is 3. The van der Waals surface area contributed by atoms with Crippen molar-refractivity contribution < 1.29 is 0 Å². The Kier molecular flexibility index (Phi) is 4.92. The van der Waals surface area contributed by atoms with Crippen molar-refractivity contribution in [2.75, 3.05) is 5.32 Å². The fourth-order valence-corrected chi connectivity index (χ4v) is 3.73. The molecule has 2 rings (SSSR count). The molecule has 1 aliphatic heterocycles. The van der Waals surface area contributed by atoms with E-state index >= 15 is 0 Å². The van der Waals surface area contributed by atoms with Gasteiger partial charge in [0.05, 0.1) is 6.04 Å². The molecule has 1 aromatic rings. The molecule has 0 spiro atoms. The summed E-state index contributed by atoms with van der Waals surface area (Å²) in [7, 11) is 0. The number of hydrogen-bond donors (Lipinski definition) is 1. The summed E-state index contributed by atoms with van der Waals surface area (Å²) in [4.78, 5) is 4.75. The molecule has 0 bridgehead atoms. The fourth-order valence-electron chi connectivity index (χ4n) is 2.57. The van der Waals surface area contributed by atoms with Gasteiger partial charge in [0.1, 0.15) is 0 Å². The number of amidine groups is 1. The van der Waals surface area contributed by atoms with Crippen molar-refractivity contribution in [1.82, 2.24) is 0 Å². The number of para-hydroxylation sites is 1. The summed E-state index contributed by atoms with van der Waals surface area (Å²) in [6.07, 6.45) is 3.28. The summed E-state index contributed by atoms with van der Waals surface area (Å²) >= 11 is 1.86. The molecular weight excluding hydrogens is 252 g/mol. The monoisotopic (exact) mass is 276 g/mol. The molecule has 0 radical (unpaired) electrons. The minimum absolute atomic E-state index is 0.428. The molecule has 2 unspecified atom stereocenters. The van der Waals surface area contributed by atoms with Gasteiger partial charge in [-0.25, -0.2) is 0 Å². The Morgan fingerprint density at radius 3 is 2.37 bits per heavy atom. The molecule has 1 aromatic carbocycles. The smallest absolute Gasteiger partial charge is 0.161 e. The van der Waals surface area contributed by atoms with Crippen LogP contribution in [0.3, 0.4) is 0 Å². The van der Waals surface area contributed by atoms with E-state index in [1.807, 2.05) is 11.8 Å². The molecule has 0 saturated carbocycles. The minimum Gasteiger partial charge on any atom is -0.335 e. The summed E-state index contributed by atoms with van der Waals surface area (Å²) in [5.41, 5.74) is 4.04. The van der Waals surface area contributed by atoms with Crippen LogP contribution in [0.25, 0.3) is 0 Å². The first-order valence-electron chi connectivity index (χ1n) is 7.26. The molecule has 1 aliphatic rings. The highest BCUT2D eigenvalue weighted by molar-refractivity contribution is 8.14. The molecule has 3 heteroatoms. The van der Waals surface area contributed by atoms with E-state index < -0.39 is 0 Å². The number of anilines is 1. The number of benzene rings is 1. The average molecular weight is 276 g/mol. The average Bonchev–Trinajstić information content (AvgIpc) is 2.37. The highest BCUT2D eigenvalue weighted by Gasteiger charge is 2.19. The third-order valence-corrected chi connectivity index (χ3v) is 4.58. The van der Waals surface area contributed by atoms with Crippen molar-refractivity contribution in [3.05, 3.63) is 29.3 Å². The molecule has 19 heavy (non-hydrogen) atoms. The molecule has 0 saturated heterocycles. The van der Waals surface area contributed by atoms with E-state index in [-0.39, 0.29) is 0 Å². The summed E-state index contributed by atoms with van der Waals surface area (Å²) in [6, 6.07) is 7.01. The number of nitrogens with one attached hydrogen (secondary N) is 1. The van der Waals surface area contributed by atoms with Gasteiger partial charge in [-0.05, 0) is 37.3 Å². The number of aliphatic imine (C=N–C) groups is 1. The van der Waals surface area contributed by atoms with Gasteiger partial charge in [0.2, 0.25) is 0 Å². The second-order valence-corrected chi connectivity index (χ2v) is 6.66. The molecule has 0 amide bonds. The summed E-state index contributed by atoms with van der Waals surface area (Å²) in [5.74, 6) is 0. The van der Waals surface area contributed by atoms with Crippen LogP contribution in [0.4, 0.5) is 5.69 Å². The largest absolute Gasteiger partial charge is 0.335 e. The predicted octanol–water partition coefficient (Wildman–Crippen LogP) is 4.49. The number of nitrogens with zero attached hydrogens (tertiary/aromatic N) is 1. The van der Waals surface area contributed by atoms with Crippen molar-refractivity contribution in [3.8, 4) is 0 Å². The topological polar surface area (TPSA) is 24.4 Å². The molecule has 1 heterocycles. The Balaban J connectivity index is 2.27. The SMILES string of the molecule is CCc1cccc(CC)c1NC1=NC(C)CC(C)S1. The lowest BCUT2D eigenvalue weighted by molar-refractivity contribution is 0.661. The van der Waals surface area contributed by atoms with Gasteiger partial charge in [-0.2, -0.15) is 0 Å². The van der Waals surface area contributed by atoms with Gasteiger partial charge < -0.3 is 5.32 Å². The highest BCUT2D eigenvalue weighted by atomic mass is 32.2. The van der Waals surface area contributed by atoms with E-state index in [2.05, 4.69) is 51.2 Å². The minimum atomic E-state index is 0.428. The number of hydrogen-bond acceptors (Lipinski definition) is 3. The van der Waals surface area contributed by atoms with E-state index in [1.54, 1.807) is 0 Å². The van der Waals surface area contributed by atoms with Crippen LogP contribution < -0.4 is 5.32 Å². The van der Waals surface area contributed by atoms with E-state index in [1.165, 1.54) is 23.2 Å². The molecular formula is C16H24N2S. The zero-order chi connectivity index (χ0) is 13.8. The summed E-state index contributed by atoms with van der Waals surface area (Å²) < 4.78 is 0. The Bertz CT molecular complexity index is 446. The van der Waals surface area contributed by atoms with E-state index in [9.17, 15) is 0 Å². The normalized spacial score (nSPS) is 23.1. The van der Waals surface area contributed by atoms with Crippen LogP contribution in [0.15, 0.2) is 23.2 Å². The predicted molar refractivity (Wildman–Crippen MR) is 87.4 cm³/mol. The Morgan fingerprint density at radius 2 is 1.84 bits per heavy atom. The quantitative estimate of drug-likeness (QED) is 0.879. The van der Waals surface area contributed by atoms with Crippen molar-refractivity contribution in [2.24, 2.45) is 4.99 Å². The number of thioether (sulfide) groups is 1. The van der Waals surface area contributed by atoms with Crippen molar-refractivity contribution in [2.45, 2.75) is 58.2 Å². The van der Waals surface area contributed by atoms with E-state index in [0.717, 1.165) is 18.0 Å². The Labute approximate surface area is 121 Å². The van der Waals surface area contributed by atoms with Gasteiger partial charge in [0.25, 0.3) is 0 Å². The first kappa shape index (κ1) is 14.4. The van der Waals surface area contributed by atoms with Crippen molar-refractivity contribution in [1.29, 1.82) is 0 Å². The first-order valence-corrected chi connectivity index (χ1v) is 8.14. The molecule has 1 N–H and O–H groups in total. The molecule has 2 nitrogen and oxygen atoms in total. The highest BCUT2D eigenvalue weighted by Crippen LogP contribution is 2.29. The van der Waals surface area contributed by atoms with Crippen LogP contribution in [0.2, 0.25) is 0 Å². The van der Waals surface area contributed by atoms with Gasteiger partial charge in [-0.15, -0.1) is 0 Å². The molecule has 0 aliphatic carbocycles. The number of aryl methyl sites for hydroxylation is 2. The van der Waals surface area contributed by atoms with Gasteiger partial charge in [-0.1, -0.05) is 50.7 Å². The van der Waals surface area contributed by atoms with Crippen LogP contribution >= 0.6 is 11.8 Å². The van der Waals surface area contributed by atoms with Crippen molar-refractivity contribution in [3.63, 3.8) is 0 Å². The second-order valence-electron chi connectivity index (χ2n) is 5.23. The first-order chi connectivity index (χ1) is 9.13. The van der Waals surface area contributed by atoms with E-state index in [4.69, 9.17) is 4.99 Å². The van der Waals surface area contributed by atoms with Crippen molar-refractivity contribution >= 4 is 22.6 Å². The maximum atomic E-state index is 4.75. The molecule has 104 valence electrons. The van der Waals surface area contributed by atoms with Gasteiger partial charge in [0, 0.05) is 10.9 Å². The standard InChI is InChI=1S/C16H24N2S/c1-5-13-8-7-9-14(6-2)15(13)18-16-17-11(3)10-12(4)19-16/h7-9,11-12H,5-6,10H2,1-4H3,(H,17,18). The van der Waals surface area contributed by atoms with Gasteiger partial charge in [-0.3, -0.25) is 4.99 Å². The molecule has 2 atom stereocenters. The fraction of sp³-hybridized carbons (Fsp3) is 0.562. The summed E-state index contributed by atoms with van der Waals surface area (Å²) in [6.45, 7) is 8.90. The third kappa shape index (κ3) is 3.53. The third-order valence-electron chi connectivity index (χ3n) is 3.55. The lowest BCUT2D eigenvalue weighted by Gasteiger charge is -2.24. The van der Waals surface area contributed by atoms with Gasteiger partial charge in [0.15, 0.2) is 5.17 Å². The van der Waals surface area contributed by atoms with E-state index in [0.29, 0.717) is 11.3 Å². The van der Waals surface area contributed by atoms with Crippen LogP contribution in [-0.2, 0) is 12.8 Å².